The van der Waals surface area contributed by atoms with Crippen LogP contribution in [-0.4, -0.2) is 69.4 Å². The summed E-state index contributed by atoms with van der Waals surface area (Å²) in [5.74, 6) is 1.55. The molecule has 1 saturated carbocycles. The average Bonchev–Trinajstić information content (AvgIpc) is 3.07. The Hall–Kier alpha value is -5.35. The van der Waals surface area contributed by atoms with E-state index in [2.05, 4.69) is 42.0 Å². The lowest BCUT2D eigenvalue weighted by Gasteiger charge is -2.36. The van der Waals surface area contributed by atoms with E-state index < -0.39 is 0 Å². The molecule has 0 radical (unpaired) electrons. The Morgan fingerprint density at radius 3 is 2.33 bits per heavy atom. The zero-order valence-corrected chi connectivity index (χ0v) is 24.9. The van der Waals surface area contributed by atoms with E-state index >= 15 is 0 Å². The number of nitrogens with zero attached hydrogens (tertiary/aromatic N) is 7. The lowest BCUT2D eigenvalue weighted by molar-refractivity contribution is 0.0209. The Kier molecular flexibility index (Phi) is 9.22. The number of benzene rings is 1. The summed E-state index contributed by atoms with van der Waals surface area (Å²) < 4.78 is 10.3. The van der Waals surface area contributed by atoms with E-state index in [-0.39, 0.29) is 24.2 Å². The highest BCUT2D eigenvalue weighted by Gasteiger charge is 2.31. The maximum Gasteiger partial charge on any atom is 0.323 e. The molecule has 4 aromatic rings. The van der Waals surface area contributed by atoms with Crippen LogP contribution >= 0.6 is 0 Å². The summed E-state index contributed by atoms with van der Waals surface area (Å²) >= 11 is 0. The first-order chi connectivity index (χ1) is 22.1. The first-order valence-corrected chi connectivity index (χ1v) is 14.9. The van der Waals surface area contributed by atoms with Crippen LogP contribution in [0, 0.1) is 11.3 Å². The number of rotatable bonds is 10. The number of nitriles is 1. The summed E-state index contributed by atoms with van der Waals surface area (Å²) in [5.41, 5.74) is 3.04. The van der Waals surface area contributed by atoms with Crippen molar-refractivity contribution in [2.45, 2.75) is 50.4 Å². The van der Waals surface area contributed by atoms with Gasteiger partial charge in [0.15, 0.2) is 0 Å². The number of aromatic nitrogens is 5. The zero-order chi connectivity index (χ0) is 31.0. The highest BCUT2D eigenvalue weighted by Crippen LogP contribution is 2.30. The SMILES string of the molecule is COc1ncc(-c2ccc(N(C(=O)NCc3ccccc3)[C@H]3CC[C@H](Nc4ncc(C#N)c(NC5COC5)n4)CC3)nc2)cn1. The third kappa shape index (κ3) is 7.25. The summed E-state index contributed by atoms with van der Waals surface area (Å²) in [6.45, 7) is 1.59. The number of urea groups is 1. The quantitative estimate of drug-likeness (QED) is 0.238. The van der Waals surface area contributed by atoms with Crippen LogP contribution in [0.5, 0.6) is 6.01 Å². The van der Waals surface area contributed by atoms with Gasteiger partial charge in [0.05, 0.1) is 32.6 Å². The minimum absolute atomic E-state index is 0.0563. The predicted octanol–water partition coefficient (Wildman–Crippen LogP) is 4.16. The van der Waals surface area contributed by atoms with Crippen molar-refractivity contribution in [3.63, 3.8) is 0 Å². The van der Waals surface area contributed by atoms with Gasteiger partial charge in [0.1, 0.15) is 23.3 Å². The molecule has 0 unspecified atom stereocenters. The predicted molar refractivity (Wildman–Crippen MR) is 168 cm³/mol. The highest BCUT2D eigenvalue weighted by molar-refractivity contribution is 5.91. The standard InChI is InChI=1S/C32H34N10O3/c1-44-31-36-17-24(18-37-31)22-7-12-28(34-15-22)42(32(43)38-14-21-5-3-2-4-6-21)27-10-8-25(9-11-27)40-30-35-16-23(13-33)29(41-30)39-26-19-45-20-26/h2-7,12,15-18,25-27H,8-11,14,19-20H2,1H3,(H,38,43)(H2,35,39,40,41)/t25-,27-. The molecule has 0 spiro atoms. The lowest BCUT2D eigenvalue weighted by atomic mass is 9.90. The van der Waals surface area contributed by atoms with E-state index in [0.29, 0.717) is 48.9 Å². The Balaban J connectivity index is 1.15. The largest absolute Gasteiger partial charge is 0.467 e. The van der Waals surface area contributed by atoms with Gasteiger partial charge in [0, 0.05) is 48.3 Å². The summed E-state index contributed by atoms with van der Waals surface area (Å²) in [6.07, 6.45) is 9.75. The number of carbonyl (C=O) groups is 1. The molecule has 13 nitrogen and oxygen atoms in total. The molecule has 45 heavy (non-hydrogen) atoms. The van der Waals surface area contributed by atoms with Crippen LogP contribution in [-0.2, 0) is 11.3 Å². The summed E-state index contributed by atoms with van der Waals surface area (Å²) in [7, 11) is 1.52. The van der Waals surface area contributed by atoms with Gasteiger partial charge < -0.3 is 25.4 Å². The molecule has 3 N–H and O–H groups in total. The molecule has 2 fully saturated rings. The minimum atomic E-state index is -0.200. The van der Waals surface area contributed by atoms with Gasteiger partial charge in [-0.15, -0.1) is 0 Å². The Morgan fingerprint density at radius 1 is 0.933 bits per heavy atom. The van der Waals surface area contributed by atoms with E-state index in [1.54, 1.807) is 23.5 Å². The van der Waals surface area contributed by atoms with Crippen LogP contribution in [0.25, 0.3) is 11.1 Å². The second-order valence-electron chi connectivity index (χ2n) is 11.0. The molecular formula is C32H34N10O3. The van der Waals surface area contributed by atoms with Gasteiger partial charge in [-0.25, -0.2) is 24.7 Å². The van der Waals surface area contributed by atoms with Crippen molar-refractivity contribution in [1.82, 2.24) is 30.2 Å². The normalized spacial score (nSPS) is 17.8. The third-order valence-corrected chi connectivity index (χ3v) is 7.93. The molecule has 3 aromatic heterocycles. The highest BCUT2D eigenvalue weighted by atomic mass is 16.5. The number of methoxy groups -OCH3 is 1. The van der Waals surface area contributed by atoms with Crippen molar-refractivity contribution in [3.05, 3.63) is 78.4 Å². The van der Waals surface area contributed by atoms with E-state index in [1.165, 1.54) is 13.3 Å². The van der Waals surface area contributed by atoms with Crippen molar-refractivity contribution in [1.29, 1.82) is 5.26 Å². The fourth-order valence-electron chi connectivity index (χ4n) is 5.40. The number of ether oxygens (including phenoxy) is 2. The first kappa shape index (κ1) is 29.7. The van der Waals surface area contributed by atoms with Gasteiger partial charge in [-0.05, 0) is 43.4 Å². The lowest BCUT2D eigenvalue weighted by Crippen LogP contribution is -2.49. The van der Waals surface area contributed by atoms with Gasteiger partial charge in [0.2, 0.25) is 5.95 Å². The Bertz CT molecular complexity index is 1620. The van der Waals surface area contributed by atoms with Crippen molar-refractivity contribution >= 4 is 23.6 Å². The van der Waals surface area contributed by atoms with Gasteiger partial charge in [-0.2, -0.15) is 10.2 Å². The molecule has 0 atom stereocenters. The fourth-order valence-corrected chi connectivity index (χ4v) is 5.40. The number of nitrogens with one attached hydrogen (secondary N) is 3. The number of hydrogen-bond acceptors (Lipinski definition) is 11. The van der Waals surface area contributed by atoms with Gasteiger partial charge in [-0.3, -0.25) is 4.90 Å². The Morgan fingerprint density at radius 2 is 1.69 bits per heavy atom. The molecule has 230 valence electrons. The third-order valence-electron chi connectivity index (χ3n) is 7.93. The van der Waals surface area contributed by atoms with Crippen LogP contribution in [0.2, 0.25) is 0 Å². The fraction of sp³-hybridized carbons (Fsp3) is 0.344. The molecule has 1 saturated heterocycles. The number of anilines is 3. The first-order valence-electron chi connectivity index (χ1n) is 14.9. The monoisotopic (exact) mass is 606 g/mol. The summed E-state index contributed by atoms with van der Waals surface area (Å²) in [4.78, 5) is 37.5. The molecule has 0 bridgehead atoms. The Labute approximate surface area is 261 Å². The maximum atomic E-state index is 13.7. The van der Waals surface area contributed by atoms with E-state index in [0.717, 1.165) is 42.4 Å². The zero-order valence-electron chi connectivity index (χ0n) is 24.9. The van der Waals surface area contributed by atoms with Crippen LogP contribution in [0.3, 0.4) is 0 Å². The van der Waals surface area contributed by atoms with Gasteiger partial charge >= 0.3 is 12.0 Å². The topological polar surface area (TPSA) is 163 Å². The molecule has 2 aliphatic rings. The van der Waals surface area contributed by atoms with Crippen molar-refractivity contribution in [2.75, 3.05) is 35.9 Å². The molecule has 13 heteroatoms. The minimum Gasteiger partial charge on any atom is -0.467 e. The van der Waals surface area contributed by atoms with Crippen LogP contribution in [0.4, 0.5) is 22.4 Å². The number of carbonyl (C=O) groups excluding carboxylic acids is 1. The number of amides is 2. The van der Waals surface area contributed by atoms with Crippen molar-refractivity contribution < 1.29 is 14.3 Å². The number of hydrogen-bond donors (Lipinski definition) is 3. The van der Waals surface area contributed by atoms with E-state index in [4.69, 9.17) is 14.5 Å². The summed E-state index contributed by atoms with van der Waals surface area (Å²) in [5, 5.41) is 19.3. The van der Waals surface area contributed by atoms with Gasteiger partial charge in [0.25, 0.3) is 0 Å². The molecular weight excluding hydrogens is 572 g/mol. The average molecular weight is 607 g/mol. The smallest absolute Gasteiger partial charge is 0.323 e. The maximum absolute atomic E-state index is 13.7. The van der Waals surface area contributed by atoms with Crippen molar-refractivity contribution in [2.24, 2.45) is 0 Å². The second kappa shape index (κ2) is 14.0. The second-order valence-corrected chi connectivity index (χ2v) is 11.0. The molecule has 4 heterocycles. The number of pyridine rings is 1. The molecule has 6 rings (SSSR count). The van der Waals surface area contributed by atoms with Crippen LogP contribution in [0.15, 0.2) is 67.3 Å². The van der Waals surface area contributed by atoms with Gasteiger partial charge in [-0.1, -0.05) is 30.3 Å². The van der Waals surface area contributed by atoms with E-state index in [1.807, 2.05) is 42.5 Å². The van der Waals surface area contributed by atoms with Crippen LogP contribution in [0.1, 0.15) is 36.8 Å². The molecule has 2 amide bonds. The molecule has 1 aliphatic carbocycles. The summed E-state index contributed by atoms with van der Waals surface area (Å²) in [6, 6.07) is 16.0. The van der Waals surface area contributed by atoms with E-state index in [9.17, 15) is 10.1 Å². The van der Waals surface area contributed by atoms with Crippen molar-refractivity contribution in [3.8, 4) is 23.2 Å². The molecule has 1 aromatic carbocycles. The molecule has 1 aliphatic heterocycles. The van der Waals surface area contributed by atoms with Crippen LogP contribution < -0.4 is 25.6 Å².